The van der Waals surface area contributed by atoms with E-state index in [4.69, 9.17) is 28.6 Å². The number of amides is 1. The molecule has 2 saturated heterocycles. The van der Waals surface area contributed by atoms with Crippen molar-refractivity contribution in [2.24, 2.45) is 23.2 Å². The third-order valence-corrected chi connectivity index (χ3v) is 13.8. The van der Waals surface area contributed by atoms with Crippen molar-refractivity contribution in [1.29, 1.82) is 5.26 Å². The van der Waals surface area contributed by atoms with Gasteiger partial charge in [-0.15, -0.1) is 0 Å². The van der Waals surface area contributed by atoms with Crippen molar-refractivity contribution in [3.8, 4) is 6.07 Å². The average molecular weight is 929 g/mol. The summed E-state index contributed by atoms with van der Waals surface area (Å²) in [6.45, 7) is 17.3. The lowest BCUT2D eigenvalue weighted by atomic mass is 9.72. The fraction of sp³-hybridized carbons (Fsp3) is 0.700. The molecule has 0 bridgehead atoms. The van der Waals surface area contributed by atoms with Gasteiger partial charge in [-0.2, -0.15) is 5.26 Å². The number of aliphatic hydroxyl groups is 6. The predicted octanol–water partition coefficient (Wildman–Crippen LogP) is 4.57. The summed E-state index contributed by atoms with van der Waals surface area (Å²) in [5, 5.41) is 78.6. The first-order chi connectivity index (χ1) is 31.0. The van der Waals surface area contributed by atoms with Crippen molar-refractivity contribution in [2.75, 3.05) is 41.5 Å². The van der Waals surface area contributed by atoms with Gasteiger partial charge in [0.1, 0.15) is 24.2 Å². The third kappa shape index (κ3) is 14.5. The van der Waals surface area contributed by atoms with Gasteiger partial charge in [-0.3, -0.25) is 4.79 Å². The van der Waals surface area contributed by atoms with Crippen molar-refractivity contribution < 1.29 is 58.8 Å². The minimum atomic E-state index is -1.63. The van der Waals surface area contributed by atoms with Gasteiger partial charge in [0.25, 0.3) is 5.91 Å². The van der Waals surface area contributed by atoms with Gasteiger partial charge in [-0.1, -0.05) is 77.5 Å². The van der Waals surface area contributed by atoms with Crippen molar-refractivity contribution in [3.05, 3.63) is 71.0 Å². The van der Waals surface area contributed by atoms with Gasteiger partial charge >= 0.3 is 0 Å². The zero-order valence-electron chi connectivity index (χ0n) is 41.4. The molecule has 1 spiro atoms. The summed E-state index contributed by atoms with van der Waals surface area (Å²) in [6.07, 6.45) is 6.39. The quantitative estimate of drug-likeness (QED) is 0.0555. The van der Waals surface area contributed by atoms with Crippen LogP contribution in [0.3, 0.4) is 0 Å². The highest BCUT2D eigenvalue weighted by molar-refractivity contribution is 5.81. The number of oxazole rings is 1. The van der Waals surface area contributed by atoms with Gasteiger partial charge in [0.05, 0.1) is 55.3 Å². The Morgan fingerprint density at radius 2 is 1.76 bits per heavy atom. The molecule has 66 heavy (non-hydrogen) atoms. The van der Waals surface area contributed by atoms with E-state index in [2.05, 4.69) is 10.3 Å². The maximum Gasteiger partial charge on any atom is 0.251 e. The summed E-state index contributed by atoms with van der Waals surface area (Å²) in [4.78, 5) is 18.9. The first-order valence-corrected chi connectivity index (χ1v) is 23.1. The molecule has 1 aromatic heterocycles. The lowest BCUT2D eigenvalue weighted by molar-refractivity contribution is -0.334. The number of aromatic nitrogens is 1. The molecule has 16 nitrogen and oxygen atoms in total. The number of methoxy groups -OCH3 is 2. The minimum Gasteiger partial charge on any atom is -0.448 e. The minimum absolute atomic E-state index is 0.0649. The number of hydrogen-bond acceptors (Lipinski definition) is 15. The molecular weight excluding hydrogens is 849 g/mol. The Bertz CT molecular complexity index is 1890. The van der Waals surface area contributed by atoms with E-state index in [0.717, 1.165) is 16.7 Å². The summed E-state index contributed by atoms with van der Waals surface area (Å²) in [6, 6.07) is 1.44. The maximum atomic E-state index is 12.6. The van der Waals surface area contributed by atoms with E-state index in [1.54, 1.807) is 32.0 Å². The van der Waals surface area contributed by atoms with Crippen LogP contribution in [0.4, 0.5) is 0 Å². The van der Waals surface area contributed by atoms with E-state index in [-0.39, 0.29) is 43.7 Å². The van der Waals surface area contributed by atoms with Gasteiger partial charge < -0.3 is 64.2 Å². The number of hydrogen-bond donors (Lipinski definition) is 7. The molecule has 3 rings (SSSR count). The van der Waals surface area contributed by atoms with Crippen LogP contribution >= 0.6 is 0 Å². The molecule has 2 aliphatic heterocycles. The summed E-state index contributed by atoms with van der Waals surface area (Å²) in [5.74, 6) is -2.91. The lowest BCUT2D eigenvalue weighted by Gasteiger charge is -2.49. The maximum absolute atomic E-state index is 12.6. The summed E-state index contributed by atoms with van der Waals surface area (Å²) in [5.41, 5.74) is 2.38. The SMILES string of the molecule is COC[C@H]([C@@H](O)[C@@H](O)C(=O)NCC[C@@H](C)c1nc(/C=C/CC2OC3(C[C@H](O)[C@H]2C)OC([C@@H](C[C@@H](O)[C@@H](C)[C@@H](O)[C@@H](C)/C=C(C)/C(C)=C/C=C/C(C)=C\C#N)OC)[C@@H](O)C3(C)C)co1)N(C)C. The average Bonchev–Trinajstić information content (AvgIpc) is 3.81. The Labute approximate surface area is 392 Å². The highest BCUT2D eigenvalue weighted by atomic mass is 16.7. The number of nitrogens with zero attached hydrogens (tertiary/aromatic N) is 3. The van der Waals surface area contributed by atoms with Crippen LogP contribution in [0.25, 0.3) is 6.08 Å². The Balaban J connectivity index is 1.63. The van der Waals surface area contributed by atoms with Gasteiger partial charge in [-0.05, 0) is 64.9 Å². The molecule has 16 heteroatoms. The van der Waals surface area contributed by atoms with Gasteiger partial charge in [0, 0.05) is 68.8 Å². The largest absolute Gasteiger partial charge is 0.448 e. The lowest BCUT2D eigenvalue weighted by Crippen LogP contribution is -2.58. The van der Waals surface area contributed by atoms with Gasteiger partial charge in [0.15, 0.2) is 17.8 Å². The van der Waals surface area contributed by atoms with Crippen LogP contribution in [0.15, 0.2) is 63.9 Å². The van der Waals surface area contributed by atoms with Crippen LogP contribution in [0.1, 0.15) is 105 Å². The monoisotopic (exact) mass is 929 g/mol. The van der Waals surface area contributed by atoms with Gasteiger partial charge in [0.2, 0.25) is 0 Å². The zero-order valence-corrected chi connectivity index (χ0v) is 41.4. The number of allylic oxidation sites excluding steroid dienone is 7. The van der Waals surface area contributed by atoms with Crippen LogP contribution in [0.2, 0.25) is 0 Å². The fourth-order valence-electron chi connectivity index (χ4n) is 8.64. The highest BCUT2D eigenvalue weighted by Gasteiger charge is 2.66. The van der Waals surface area contributed by atoms with Crippen LogP contribution in [-0.2, 0) is 23.7 Å². The fourth-order valence-corrected chi connectivity index (χ4v) is 8.64. The zero-order chi connectivity index (χ0) is 49.7. The van der Waals surface area contributed by atoms with E-state index >= 15 is 0 Å². The Hall–Kier alpha value is -3.57. The number of nitriles is 1. The van der Waals surface area contributed by atoms with Crippen LogP contribution < -0.4 is 5.32 Å². The molecule has 0 aromatic carbocycles. The molecule has 0 aliphatic carbocycles. The molecule has 15 atom stereocenters. The van der Waals surface area contributed by atoms with Crippen LogP contribution in [-0.4, -0.2) is 155 Å². The highest BCUT2D eigenvalue weighted by Crippen LogP contribution is 2.55. The molecule has 3 unspecified atom stereocenters. The van der Waals surface area contributed by atoms with Gasteiger partial charge in [-0.25, -0.2) is 4.98 Å². The summed E-state index contributed by atoms with van der Waals surface area (Å²) < 4.78 is 30.2. The Morgan fingerprint density at radius 3 is 2.38 bits per heavy atom. The molecule has 0 saturated carbocycles. The number of carbonyl (C=O) groups is 1. The second-order valence-electron chi connectivity index (χ2n) is 19.3. The van der Waals surface area contributed by atoms with Crippen molar-refractivity contribution in [1.82, 2.24) is 15.2 Å². The first kappa shape index (κ1) is 56.8. The van der Waals surface area contributed by atoms with E-state index in [1.807, 2.05) is 91.8 Å². The van der Waals surface area contributed by atoms with E-state index in [1.165, 1.54) is 26.6 Å². The second-order valence-corrected chi connectivity index (χ2v) is 19.3. The normalized spacial score (nSPS) is 28.3. The van der Waals surface area contributed by atoms with Crippen LogP contribution in [0.5, 0.6) is 0 Å². The number of aliphatic hydroxyl groups excluding tert-OH is 6. The predicted molar refractivity (Wildman–Crippen MR) is 251 cm³/mol. The van der Waals surface area contributed by atoms with E-state index < -0.39 is 84.0 Å². The van der Waals surface area contributed by atoms with E-state index in [0.29, 0.717) is 24.4 Å². The molecule has 1 amide bonds. The first-order valence-electron chi connectivity index (χ1n) is 23.1. The number of carbonyl (C=O) groups excluding carboxylic acids is 1. The number of likely N-dealkylation sites (N-methyl/N-ethyl adjacent to an activating group) is 1. The van der Waals surface area contributed by atoms with Crippen molar-refractivity contribution in [3.63, 3.8) is 0 Å². The Morgan fingerprint density at radius 1 is 1.08 bits per heavy atom. The molecule has 7 N–H and O–H groups in total. The summed E-state index contributed by atoms with van der Waals surface area (Å²) in [7, 11) is 6.43. The molecule has 2 aliphatic rings. The third-order valence-electron chi connectivity index (χ3n) is 13.8. The Kier molecular flexibility index (Phi) is 22.1. The van der Waals surface area contributed by atoms with Crippen molar-refractivity contribution >= 4 is 12.0 Å². The molecule has 0 radical (unpaired) electrons. The smallest absolute Gasteiger partial charge is 0.251 e. The molecular formula is C50H80N4O12. The summed E-state index contributed by atoms with van der Waals surface area (Å²) >= 11 is 0. The number of ether oxygens (including phenoxy) is 4. The molecule has 2 fully saturated rings. The number of nitrogens with one attached hydrogen (secondary N) is 1. The number of rotatable bonds is 24. The standard InChI is InChI=1S/C50H80N4O12/c1-29(20-22-51)16-14-17-30(2)32(4)24-33(5)42(57)35(7)38(55)25-41(63-13)45-46(60)49(8,9)50(66-45)26-39(56)34(6)40(65-50)19-15-18-36-27-64-48(53-36)31(3)21-23-52-47(61)44(59)43(58)37(28-62-12)54(10)11/h14-18,20,24,27,31,33-35,37-46,55-60H,19,21,23,25-26,28H2,1-13H3,(H,52,61)/b16-14+,18-15+,29-20-,30-17+,32-24+/t31-,33+,34-,35-,37-,38-,39+,40?,41-,42+,43-,44-,45?,46-,50?/m1/s1. The molecule has 1 aromatic rings. The molecule has 372 valence electrons. The van der Waals surface area contributed by atoms with Crippen molar-refractivity contribution in [2.45, 2.75) is 161 Å². The second kappa shape index (κ2) is 25.7. The van der Waals surface area contributed by atoms with E-state index in [9.17, 15) is 35.4 Å². The molecule has 3 heterocycles. The van der Waals surface area contributed by atoms with Crippen LogP contribution in [0, 0.1) is 34.5 Å². The topological polar surface area (TPSA) is 240 Å².